The first-order valence-electron chi connectivity index (χ1n) is 4.35. The summed E-state index contributed by atoms with van der Waals surface area (Å²) in [7, 11) is 0. The van der Waals surface area contributed by atoms with E-state index in [1.807, 2.05) is 0 Å². The molecule has 0 aliphatic rings. The van der Waals surface area contributed by atoms with Crippen molar-refractivity contribution < 1.29 is 17.6 Å². The summed E-state index contributed by atoms with van der Waals surface area (Å²) >= 11 is 0. The van der Waals surface area contributed by atoms with E-state index in [1.54, 1.807) is 0 Å². The lowest BCUT2D eigenvalue weighted by Crippen LogP contribution is -2.11. The van der Waals surface area contributed by atoms with E-state index < -0.39 is 17.6 Å². The fraction of sp³-hybridized carbons (Fsp3) is 0.100. The van der Waals surface area contributed by atoms with Gasteiger partial charge in [0, 0.05) is 12.4 Å². The molecule has 2 aromatic rings. The number of alkyl halides is 3. The van der Waals surface area contributed by atoms with Gasteiger partial charge in [-0.15, -0.1) is 0 Å². The third-order valence-corrected chi connectivity index (χ3v) is 2.02. The molecule has 0 fully saturated rings. The number of rotatable bonds is 1. The molecule has 0 aliphatic heterocycles. The molecular formula is C10H6F4N2. The van der Waals surface area contributed by atoms with Gasteiger partial charge in [-0.05, 0) is 24.3 Å². The molecule has 0 saturated carbocycles. The molecule has 0 amide bonds. The van der Waals surface area contributed by atoms with E-state index in [0.29, 0.717) is 6.07 Å². The zero-order valence-electron chi connectivity index (χ0n) is 7.87. The minimum Gasteiger partial charge on any atom is -0.240 e. The predicted molar refractivity (Wildman–Crippen MR) is 48.5 cm³/mol. The average molecular weight is 230 g/mol. The van der Waals surface area contributed by atoms with Crippen LogP contribution in [-0.2, 0) is 6.18 Å². The van der Waals surface area contributed by atoms with Crippen LogP contribution in [0.4, 0.5) is 17.6 Å². The highest BCUT2D eigenvalue weighted by atomic mass is 19.4. The normalized spacial score (nSPS) is 11.8. The van der Waals surface area contributed by atoms with Gasteiger partial charge >= 0.3 is 6.18 Å². The highest BCUT2D eigenvalue weighted by Crippen LogP contribution is 2.33. The highest BCUT2D eigenvalue weighted by molar-refractivity contribution is 5.42. The first-order valence-corrected chi connectivity index (χ1v) is 4.35. The Kier molecular flexibility index (Phi) is 2.41. The van der Waals surface area contributed by atoms with Crippen molar-refractivity contribution in [2.24, 2.45) is 0 Å². The smallest absolute Gasteiger partial charge is 0.240 e. The number of benzene rings is 1. The van der Waals surface area contributed by atoms with E-state index in [9.17, 15) is 17.6 Å². The quantitative estimate of drug-likeness (QED) is 0.688. The monoisotopic (exact) mass is 230 g/mol. The summed E-state index contributed by atoms with van der Waals surface area (Å²) in [5.74, 6) is -0.928. The average Bonchev–Trinajstić information content (AvgIpc) is 2.69. The van der Waals surface area contributed by atoms with Crippen molar-refractivity contribution >= 4 is 0 Å². The van der Waals surface area contributed by atoms with Crippen molar-refractivity contribution in [3.8, 4) is 5.69 Å². The number of aromatic nitrogens is 2. The minimum absolute atomic E-state index is 0.195. The van der Waals surface area contributed by atoms with Gasteiger partial charge in [-0.3, -0.25) is 0 Å². The standard InChI is InChI=1S/C10H6F4N2/c11-7-2-3-9(16-5-1-4-15-16)8(6-7)10(12,13)14/h1-6H. The Morgan fingerprint density at radius 3 is 2.50 bits per heavy atom. The lowest BCUT2D eigenvalue weighted by molar-refractivity contribution is -0.137. The maximum Gasteiger partial charge on any atom is 0.418 e. The molecule has 0 atom stereocenters. The maximum atomic E-state index is 12.8. The van der Waals surface area contributed by atoms with Crippen molar-refractivity contribution in [2.75, 3.05) is 0 Å². The highest BCUT2D eigenvalue weighted by Gasteiger charge is 2.34. The van der Waals surface area contributed by atoms with Gasteiger partial charge < -0.3 is 0 Å². The van der Waals surface area contributed by atoms with E-state index in [2.05, 4.69) is 5.10 Å². The Balaban J connectivity index is 2.62. The van der Waals surface area contributed by atoms with Crippen LogP contribution in [0.2, 0.25) is 0 Å². The Hall–Kier alpha value is -1.85. The minimum atomic E-state index is -4.61. The molecule has 0 N–H and O–H groups in total. The fourth-order valence-corrected chi connectivity index (χ4v) is 1.35. The first-order chi connectivity index (χ1) is 7.48. The summed E-state index contributed by atoms with van der Waals surface area (Å²) < 4.78 is 51.7. The van der Waals surface area contributed by atoms with Gasteiger partial charge in [-0.1, -0.05) is 0 Å². The summed E-state index contributed by atoms with van der Waals surface area (Å²) in [6.45, 7) is 0. The predicted octanol–water partition coefficient (Wildman–Crippen LogP) is 3.03. The summed E-state index contributed by atoms with van der Waals surface area (Å²) in [6.07, 6.45) is -1.89. The molecule has 84 valence electrons. The zero-order valence-corrected chi connectivity index (χ0v) is 7.87. The second kappa shape index (κ2) is 3.62. The SMILES string of the molecule is Fc1ccc(-n2cccn2)c(C(F)(F)F)c1. The Bertz CT molecular complexity index is 488. The van der Waals surface area contributed by atoms with Crippen LogP contribution in [0.25, 0.3) is 5.69 Å². The van der Waals surface area contributed by atoms with Crippen molar-refractivity contribution in [2.45, 2.75) is 6.18 Å². The van der Waals surface area contributed by atoms with Crippen LogP contribution >= 0.6 is 0 Å². The van der Waals surface area contributed by atoms with Gasteiger partial charge in [0.05, 0.1) is 11.3 Å². The number of hydrogen-bond acceptors (Lipinski definition) is 1. The molecule has 1 aromatic heterocycles. The topological polar surface area (TPSA) is 17.8 Å². The summed E-state index contributed by atoms with van der Waals surface area (Å²) in [6, 6.07) is 3.96. The Morgan fingerprint density at radius 2 is 1.94 bits per heavy atom. The van der Waals surface area contributed by atoms with E-state index in [4.69, 9.17) is 0 Å². The van der Waals surface area contributed by atoms with Gasteiger partial charge in [-0.25, -0.2) is 9.07 Å². The Labute approximate surface area is 88.1 Å². The van der Waals surface area contributed by atoms with E-state index in [1.165, 1.54) is 18.5 Å². The van der Waals surface area contributed by atoms with Crippen LogP contribution in [-0.4, -0.2) is 9.78 Å². The first kappa shape index (κ1) is 10.7. The third kappa shape index (κ3) is 1.91. The molecule has 1 aromatic carbocycles. The van der Waals surface area contributed by atoms with Crippen LogP contribution in [0, 0.1) is 5.82 Å². The van der Waals surface area contributed by atoms with Crippen LogP contribution in [0.5, 0.6) is 0 Å². The maximum absolute atomic E-state index is 12.8. The van der Waals surface area contributed by atoms with Crippen LogP contribution in [0.15, 0.2) is 36.7 Å². The fourth-order valence-electron chi connectivity index (χ4n) is 1.35. The van der Waals surface area contributed by atoms with Gasteiger partial charge in [-0.2, -0.15) is 18.3 Å². The Morgan fingerprint density at radius 1 is 1.19 bits per heavy atom. The second-order valence-corrected chi connectivity index (χ2v) is 3.11. The summed E-state index contributed by atoms with van der Waals surface area (Å²) in [4.78, 5) is 0. The third-order valence-electron chi connectivity index (χ3n) is 2.02. The van der Waals surface area contributed by atoms with Crippen molar-refractivity contribution in [3.05, 3.63) is 48.0 Å². The molecule has 1 heterocycles. The molecule has 2 rings (SSSR count). The molecule has 0 saturated heterocycles. The van der Waals surface area contributed by atoms with Crippen LogP contribution < -0.4 is 0 Å². The number of hydrogen-bond donors (Lipinski definition) is 0. The van der Waals surface area contributed by atoms with Crippen LogP contribution in [0.3, 0.4) is 0 Å². The van der Waals surface area contributed by atoms with Gasteiger partial charge in [0.2, 0.25) is 0 Å². The van der Waals surface area contributed by atoms with Crippen molar-refractivity contribution in [1.29, 1.82) is 0 Å². The molecule has 0 aliphatic carbocycles. The van der Waals surface area contributed by atoms with E-state index in [-0.39, 0.29) is 5.69 Å². The lowest BCUT2D eigenvalue weighted by atomic mass is 10.1. The molecule has 2 nitrogen and oxygen atoms in total. The molecule has 0 radical (unpaired) electrons. The second-order valence-electron chi connectivity index (χ2n) is 3.11. The van der Waals surface area contributed by atoms with Crippen LogP contribution in [0.1, 0.15) is 5.56 Å². The van der Waals surface area contributed by atoms with Crippen molar-refractivity contribution in [3.63, 3.8) is 0 Å². The number of halogens is 4. The molecular weight excluding hydrogens is 224 g/mol. The molecule has 0 spiro atoms. The molecule has 0 bridgehead atoms. The number of nitrogens with zero attached hydrogens (tertiary/aromatic N) is 2. The zero-order chi connectivity index (χ0) is 11.8. The van der Waals surface area contributed by atoms with Gasteiger partial charge in [0.1, 0.15) is 5.82 Å². The van der Waals surface area contributed by atoms with Crippen molar-refractivity contribution in [1.82, 2.24) is 9.78 Å². The molecule has 6 heteroatoms. The summed E-state index contributed by atoms with van der Waals surface area (Å²) in [5.41, 5.74) is -1.24. The lowest BCUT2D eigenvalue weighted by Gasteiger charge is -2.12. The van der Waals surface area contributed by atoms with Gasteiger partial charge in [0.25, 0.3) is 0 Å². The largest absolute Gasteiger partial charge is 0.418 e. The van der Waals surface area contributed by atoms with E-state index in [0.717, 1.165) is 16.8 Å². The van der Waals surface area contributed by atoms with E-state index >= 15 is 0 Å². The van der Waals surface area contributed by atoms with Gasteiger partial charge in [0.15, 0.2) is 0 Å². The molecule has 0 unspecified atom stereocenters. The summed E-state index contributed by atoms with van der Waals surface area (Å²) in [5, 5.41) is 3.68. The molecule has 16 heavy (non-hydrogen) atoms.